The van der Waals surface area contributed by atoms with Gasteiger partial charge in [0.05, 0.1) is 5.60 Å². The van der Waals surface area contributed by atoms with E-state index in [4.69, 9.17) is 0 Å². The molecule has 2 fully saturated rings. The Labute approximate surface area is 123 Å². The normalized spacial score (nSPS) is 32.1. The molecular formula is C19H28O. The SMILES string of the molecule is OC1(Cc2ccccc2)CCCCC1C1CCCCC1. The van der Waals surface area contributed by atoms with Crippen LogP contribution in [0.15, 0.2) is 30.3 Å². The Morgan fingerprint density at radius 3 is 2.35 bits per heavy atom. The molecule has 3 rings (SSSR count). The van der Waals surface area contributed by atoms with Crippen molar-refractivity contribution in [2.75, 3.05) is 0 Å². The van der Waals surface area contributed by atoms with Crippen molar-refractivity contribution in [1.82, 2.24) is 0 Å². The molecule has 110 valence electrons. The van der Waals surface area contributed by atoms with Gasteiger partial charge in [-0.3, -0.25) is 0 Å². The van der Waals surface area contributed by atoms with Gasteiger partial charge in [-0.1, -0.05) is 75.3 Å². The van der Waals surface area contributed by atoms with Gasteiger partial charge in [-0.15, -0.1) is 0 Å². The number of rotatable bonds is 3. The van der Waals surface area contributed by atoms with Crippen molar-refractivity contribution in [2.24, 2.45) is 11.8 Å². The van der Waals surface area contributed by atoms with Crippen LogP contribution < -0.4 is 0 Å². The lowest BCUT2D eigenvalue weighted by molar-refractivity contribution is -0.0766. The van der Waals surface area contributed by atoms with Gasteiger partial charge >= 0.3 is 0 Å². The quantitative estimate of drug-likeness (QED) is 0.843. The van der Waals surface area contributed by atoms with Crippen molar-refractivity contribution in [3.05, 3.63) is 35.9 Å². The minimum absolute atomic E-state index is 0.443. The zero-order valence-corrected chi connectivity index (χ0v) is 12.6. The number of benzene rings is 1. The van der Waals surface area contributed by atoms with Crippen molar-refractivity contribution in [3.63, 3.8) is 0 Å². The number of hydrogen-bond donors (Lipinski definition) is 1. The minimum Gasteiger partial charge on any atom is -0.389 e. The Balaban J connectivity index is 1.76. The zero-order valence-electron chi connectivity index (χ0n) is 12.6. The summed E-state index contributed by atoms with van der Waals surface area (Å²) >= 11 is 0. The monoisotopic (exact) mass is 272 g/mol. The first-order valence-corrected chi connectivity index (χ1v) is 8.54. The highest BCUT2D eigenvalue weighted by Crippen LogP contribution is 2.45. The third-order valence-corrected chi connectivity index (χ3v) is 5.64. The third-order valence-electron chi connectivity index (χ3n) is 5.64. The molecule has 1 aromatic rings. The van der Waals surface area contributed by atoms with Crippen LogP contribution in [0.1, 0.15) is 63.4 Å². The van der Waals surface area contributed by atoms with E-state index in [1.165, 1.54) is 56.9 Å². The molecule has 2 aliphatic carbocycles. The Morgan fingerprint density at radius 1 is 0.900 bits per heavy atom. The molecule has 1 nitrogen and oxygen atoms in total. The fourth-order valence-electron chi connectivity index (χ4n) is 4.63. The predicted molar refractivity (Wildman–Crippen MR) is 83.6 cm³/mol. The van der Waals surface area contributed by atoms with E-state index in [0.717, 1.165) is 18.8 Å². The second-order valence-corrected chi connectivity index (χ2v) is 7.02. The van der Waals surface area contributed by atoms with Crippen LogP contribution in [-0.2, 0) is 6.42 Å². The molecule has 2 atom stereocenters. The molecule has 0 amide bonds. The molecule has 0 saturated heterocycles. The summed E-state index contributed by atoms with van der Waals surface area (Å²) in [4.78, 5) is 0. The van der Waals surface area contributed by atoms with Gasteiger partial charge in [0.15, 0.2) is 0 Å². The number of aliphatic hydroxyl groups is 1. The average molecular weight is 272 g/mol. The van der Waals surface area contributed by atoms with E-state index in [0.29, 0.717) is 5.92 Å². The number of hydrogen-bond acceptors (Lipinski definition) is 1. The van der Waals surface area contributed by atoms with Crippen LogP contribution in [-0.4, -0.2) is 10.7 Å². The minimum atomic E-state index is -0.443. The van der Waals surface area contributed by atoms with Crippen molar-refractivity contribution in [1.29, 1.82) is 0 Å². The molecule has 2 aliphatic rings. The van der Waals surface area contributed by atoms with Gasteiger partial charge in [-0.2, -0.15) is 0 Å². The predicted octanol–water partition coefficient (Wildman–Crippen LogP) is 4.73. The first kappa shape index (κ1) is 14.1. The fraction of sp³-hybridized carbons (Fsp3) is 0.684. The van der Waals surface area contributed by atoms with Gasteiger partial charge in [0, 0.05) is 6.42 Å². The smallest absolute Gasteiger partial charge is 0.0718 e. The van der Waals surface area contributed by atoms with Crippen LogP contribution in [0.25, 0.3) is 0 Å². The molecule has 0 spiro atoms. The van der Waals surface area contributed by atoms with E-state index in [2.05, 4.69) is 30.3 Å². The van der Waals surface area contributed by atoms with Gasteiger partial charge in [0.1, 0.15) is 0 Å². The van der Waals surface area contributed by atoms with E-state index >= 15 is 0 Å². The molecule has 0 aliphatic heterocycles. The van der Waals surface area contributed by atoms with Gasteiger partial charge in [-0.25, -0.2) is 0 Å². The molecule has 0 aromatic heterocycles. The Morgan fingerprint density at radius 2 is 1.60 bits per heavy atom. The summed E-state index contributed by atoms with van der Waals surface area (Å²) in [7, 11) is 0. The van der Waals surface area contributed by atoms with Gasteiger partial charge < -0.3 is 5.11 Å². The Kier molecular flexibility index (Phi) is 4.45. The highest BCUT2D eigenvalue weighted by atomic mass is 16.3. The summed E-state index contributed by atoms with van der Waals surface area (Å²) in [6.07, 6.45) is 12.5. The molecule has 2 unspecified atom stereocenters. The first-order valence-electron chi connectivity index (χ1n) is 8.54. The van der Waals surface area contributed by atoms with Crippen LogP contribution in [0.2, 0.25) is 0 Å². The van der Waals surface area contributed by atoms with Crippen molar-refractivity contribution < 1.29 is 5.11 Å². The highest BCUT2D eigenvalue weighted by Gasteiger charge is 2.42. The second kappa shape index (κ2) is 6.30. The molecule has 1 N–H and O–H groups in total. The molecule has 0 radical (unpaired) electrons. The van der Waals surface area contributed by atoms with Gasteiger partial charge in [0.2, 0.25) is 0 Å². The Hall–Kier alpha value is -0.820. The highest BCUT2D eigenvalue weighted by molar-refractivity contribution is 5.18. The lowest BCUT2D eigenvalue weighted by atomic mass is 9.64. The molecule has 1 heteroatoms. The van der Waals surface area contributed by atoms with Gasteiger partial charge in [0.25, 0.3) is 0 Å². The summed E-state index contributed by atoms with van der Waals surface area (Å²) in [6, 6.07) is 10.6. The summed E-state index contributed by atoms with van der Waals surface area (Å²) in [5.74, 6) is 1.31. The molecule has 2 saturated carbocycles. The maximum absolute atomic E-state index is 11.3. The van der Waals surface area contributed by atoms with E-state index in [9.17, 15) is 5.11 Å². The average Bonchev–Trinajstić information content (AvgIpc) is 2.49. The van der Waals surface area contributed by atoms with Crippen molar-refractivity contribution in [2.45, 2.75) is 69.8 Å². The van der Waals surface area contributed by atoms with Crippen LogP contribution in [0, 0.1) is 11.8 Å². The summed E-state index contributed by atoms with van der Waals surface area (Å²) in [5, 5.41) is 11.3. The van der Waals surface area contributed by atoms with Crippen LogP contribution in [0.5, 0.6) is 0 Å². The van der Waals surface area contributed by atoms with Crippen molar-refractivity contribution in [3.8, 4) is 0 Å². The first-order chi connectivity index (χ1) is 9.78. The second-order valence-electron chi connectivity index (χ2n) is 7.02. The van der Waals surface area contributed by atoms with Gasteiger partial charge in [-0.05, 0) is 30.2 Å². The van der Waals surface area contributed by atoms with Crippen molar-refractivity contribution >= 4 is 0 Å². The topological polar surface area (TPSA) is 20.2 Å². The standard InChI is InChI=1S/C19H28O/c20-19(15-16-9-3-1-4-10-16)14-8-7-13-18(19)17-11-5-2-6-12-17/h1,3-4,9-10,17-18,20H,2,5-8,11-15H2. The largest absolute Gasteiger partial charge is 0.389 e. The van der Waals surface area contributed by atoms with Crippen LogP contribution in [0.4, 0.5) is 0 Å². The lowest BCUT2D eigenvalue weighted by Crippen LogP contribution is -2.46. The molecule has 0 heterocycles. The van der Waals surface area contributed by atoms with Crippen LogP contribution in [0.3, 0.4) is 0 Å². The zero-order chi connectivity index (χ0) is 13.8. The van der Waals surface area contributed by atoms with E-state index in [-0.39, 0.29) is 0 Å². The maximum Gasteiger partial charge on any atom is 0.0718 e. The fourth-order valence-corrected chi connectivity index (χ4v) is 4.63. The van der Waals surface area contributed by atoms with E-state index in [1.807, 2.05) is 0 Å². The Bertz CT molecular complexity index is 407. The third kappa shape index (κ3) is 3.09. The molecule has 1 aromatic carbocycles. The summed E-state index contributed by atoms with van der Waals surface area (Å²) in [6.45, 7) is 0. The molecular weight excluding hydrogens is 244 g/mol. The van der Waals surface area contributed by atoms with E-state index < -0.39 is 5.60 Å². The summed E-state index contributed by atoms with van der Waals surface area (Å²) < 4.78 is 0. The molecule has 0 bridgehead atoms. The van der Waals surface area contributed by atoms with Crippen LogP contribution >= 0.6 is 0 Å². The van der Waals surface area contributed by atoms with E-state index in [1.54, 1.807) is 0 Å². The summed E-state index contributed by atoms with van der Waals surface area (Å²) in [5.41, 5.74) is 0.861. The lowest BCUT2D eigenvalue weighted by Gasteiger charge is -2.45. The molecule has 20 heavy (non-hydrogen) atoms. The maximum atomic E-state index is 11.3.